The van der Waals surface area contributed by atoms with Gasteiger partial charge in [-0.2, -0.15) is 0 Å². The molecule has 0 radical (unpaired) electrons. The van der Waals surface area contributed by atoms with Crippen LogP contribution in [0.5, 0.6) is 0 Å². The molecule has 4 nitrogen and oxygen atoms in total. The number of nitrogens with one attached hydrogen (secondary N) is 1. The first-order chi connectivity index (χ1) is 8.79. The molecule has 1 N–H and O–H groups in total. The summed E-state index contributed by atoms with van der Waals surface area (Å²) >= 11 is 5.90. The molecule has 1 saturated carbocycles. The second-order valence-corrected chi connectivity index (χ2v) is 7.74. The summed E-state index contributed by atoms with van der Waals surface area (Å²) in [4.78, 5) is 11.8. The summed E-state index contributed by atoms with van der Waals surface area (Å²) in [7, 11) is 1.37. The van der Waals surface area contributed by atoms with Crippen LogP contribution in [0.3, 0.4) is 0 Å². The molecule has 7 heteroatoms. The number of hydrogen-bond acceptors (Lipinski definition) is 3. The van der Waals surface area contributed by atoms with Gasteiger partial charge in [-0.3, -0.25) is 4.79 Å². The predicted octanol–water partition coefficient (Wildman–Crippen LogP) is 2.65. The van der Waals surface area contributed by atoms with Crippen molar-refractivity contribution in [3.8, 4) is 0 Å². The highest BCUT2D eigenvalue weighted by molar-refractivity contribution is 8.13. The molecule has 104 valence electrons. The van der Waals surface area contributed by atoms with E-state index in [1.165, 1.54) is 18.2 Å². The molecule has 0 aromatic heterocycles. The molecule has 2 unspecified atom stereocenters. The molecule has 0 spiro atoms. The zero-order valence-electron chi connectivity index (χ0n) is 10.2. The zero-order chi connectivity index (χ0) is 14.2. The van der Waals surface area contributed by atoms with Crippen LogP contribution in [0, 0.1) is 11.8 Å². The molecular formula is C12H13Cl2NO3S. The van der Waals surface area contributed by atoms with E-state index >= 15 is 0 Å². The van der Waals surface area contributed by atoms with Gasteiger partial charge in [0, 0.05) is 17.2 Å². The molecule has 1 fully saturated rings. The molecule has 2 atom stereocenters. The lowest BCUT2D eigenvalue weighted by molar-refractivity contribution is 0.0951. The van der Waals surface area contributed by atoms with Gasteiger partial charge < -0.3 is 5.32 Å². The number of hydrogen-bond donors (Lipinski definition) is 1. The quantitative estimate of drug-likeness (QED) is 0.867. The fraction of sp³-hybridized carbons (Fsp3) is 0.417. The van der Waals surface area contributed by atoms with Crippen molar-refractivity contribution >= 4 is 37.2 Å². The van der Waals surface area contributed by atoms with E-state index in [4.69, 9.17) is 22.3 Å². The summed E-state index contributed by atoms with van der Waals surface area (Å²) in [5.74, 6) is 0.749. The summed E-state index contributed by atoms with van der Waals surface area (Å²) < 4.78 is 22.5. The molecule has 0 heterocycles. The zero-order valence-corrected chi connectivity index (χ0v) is 12.5. The normalized spacial score (nSPS) is 22.1. The fourth-order valence-corrected chi connectivity index (χ4v) is 2.81. The lowest BCUT2D eigenvalue weighted by atomic mass is 10.2. The predicted molar refractivity (Wildman–Crippen MR) is 74.1 cm³/mol. The van der Waals surface area contributed by atoms with Crippen molar-refractivity contribution in [2.45, 2.75) is 18.2 Å². The minimum Gasteiger partial charge on any atom is -0.352 e. The van der Waals surface area contributed by atoms with E-state index in [0.29, 0.717) is 18.4 Å². The lowest BCUT2D eigenvalue weighted by Crippen LogP contribution is -2.26. The van der Waals surface area contributed by atoms with Crippen molar-refractivity contribution in [1.82, 2.24) is 5.32 Å². The highest BCUT2D eigenvalue weighted by Gasteiger charge is 2.32. The van der Waals surface area contributed by atoms with Gasteiger partial charge >= 0.3 is 0 Å². The molecule has 1 amide bonds. The number of rotatable bonds is 4. The standard InChI is InChI=1S/C12H13Cl2NO3S/c1-7-4-8(7)6-15-12(16)10-5-9(19(14,17)18)2-3-11(10)13/h2-3,5,7-8H,4,6H2,1H3,(H,15,16). The minimum atomic E-state index is -3.87. The van der Waals surface area contributed by atoms with E-state index in [9.17, 15) is 13.2 Å². The lowest BCUT2D eigenvalue weighted by Gasteiger charge is -2.07. The number of amides is 1. The van der Waals surface area contributed by atoms with Crippen molar-refractivity contribution in [1.29, 1.82) is 0 Å². The number of carbonyl (C=O) groups is 1. The molecule has 0 aliphatic heterocycles. The molecule has 1 aliphatic rings. The molecule has 0 bridgehead atoms. The van der Waals surface area contributed by atoms with Crippen molar-refractivity contribution < 1.29 is 13.2 Å². The minimum absolute atomic E-state index is 0.122. The second kappa shape index (κ2) is 5.31. The Labute approximate surface area is 121 Å². The van der Waals surface area contributed by atoms with Crippen LogP contribution in [-0.2, 0) is 9.05 Å². The van der Waals surface area contributed by atoms with E-state index in [1.54, 1.807) is 0 Å². The number of halogens is 2. The van der Waals surface area contributed by atoms with Crippen LogP contribution in [0.4, 0.5) is 0 Å². The van der Waals surface area contributed by atoms with Crippen molar-refractivity contribution in [2.24, 2.45) is 11.8 Å². The monoisotopic (exact) mass is 321 g/mol. The van der Waals surface area contributed by atoms with E-state index in [0.717, 1.165) is 6.42 Å². The van der Waals surface area contributed by atoms with Gasteiger partial charge in [0.1, 0.15) is 0 Å². The molecule has 1 aliphatic carbocycles. The molecule has 1 aromatic rings. The van der Waals surface area contributed by atoms with Crippen LogP contribution < -0.4 is 5.32 Å². The summed E-state index contributed by atoms with van der Waals surface area (Å²) in [5, 5.41) is 2.95. The third-order valence-electron chi connectivity index (χ3n) is 3.26. The fourth-order valence-electron chi connectivity index (χ4n) is 1.83. The topological polar surface area (TPSA) is 63.2 Å². The number of benzene rings is 1. The third-order valence-corrected chi connectivity index (χ3v) is 4.95. The molecule has 1 aromatic carbocycles. The SMILES string of the molecule is CC1CC1CNC(=O)c1cc(S(=O)(=O)Cl)ccc1Cl. The maximum Gasteiger partial charge on any atom is 0.261 e. The van der Waals surface area contributed by atoms with E-state index in [1.807, 2.05) is 0 Å². The van der Waals surface area contributed by atoms with Crippen LogP contribution in [0.1, 0.15) is 23.7 Å². The van der Waals surface area contributed by atoms with Gasteiger partial charge in [0.2, 0.25) is 0 Å². The third kappa shape index (κ3) is 3.61. The Morgan fingerprint density at radius 1 is 1.47 bits per heavy atom. The summed E-state index contributed by atoms with van der Waals surface area (Å²) in [6, 6.07) is 3.81. The Morgan fingerprint density at radius 3 is 2.63 bits per heavy atom. The van der Waals surface area contributed by atoms with Crippen LogP contribution in [0.2, 0.25) is 5.02 Å². The summed E-state index contributed by atoms with van der Waals surface area (Å²) in [6.45, 7) is 2.69. The summed E-state index contributed by atoms with van der Waals surface area (Å²) in [6.07, 6.45) is 1.10. The van der Waals surface area contributed by atoms with Gasteiger partial charge in [0.25, 0.3) is 15.0 Å². The van der Waals surface area contributed by atoms with Gasteiger partial charge in [0.15, 0.2) is 0 Å². The van der Waals surface area contributed by atoms with E-state index in [-0.39, 0.29) is 21.4 Å². The molecule has 2 rings (SSSR count). The first kappa shape index (κ1) is 14.6. The van der Waals surface area contributed by atoms with Crippen LogP contribution in [0.15, 0.2) is 23.1 Å². The van der Waals surface area contributed by atoms with Crippen molar-refractivity contribution in [3.63, 3.8) is 0 Å². The van der Waals surface area contributed by atoms with Gasteiger partial charge in [-0.05, 0) is 36.5 Å². The largest absolute Gasteiger partial charge is 0.352 e. The van der Waals surface area contributed by atoms with Crippen molar-refractivity contribution in [3.05, 3.63) is 28.8 Å². The van der Waals surface area contributed by atoms with Gasteiger partial charge in [-0.15, -0.1) is 0 Å². The summed E-state index contributed by atoms with van der Waals surface area (Å²) in [5.41, 5.74) is 0.122. The van der Waals surface area contributed by atoms with Gasteiger partial charge in [-0.1, -0.05) is 18.5 Å². The van der Waals surface area contributed by atoms with Gasteiger partial charge in [0.05, 0.1) is 15.5 Å². The van der Waals surface area contributed by atoms with Crippen molar-refractivity contribution in [2.75, 3.05) is 6.54 Å². The smallest absolute Gasteiger partial charge is 0.261 e. The first-order valence-electron chi connectivity index (χ1n) is 5.81. The van der Waals surface area contributed by atoms with E-state index < -0.39 is 9.05 Å². The maximum atomic E-state index is 12.0. The molecular weight excluding hydrogens is 309 g/mol. The highest BCUT2D eigenvalue weighted by Crippen LogP contribution is 2.36. The Kier molecular flexibility index (Phi) is 4.08. The maximum absolute atomic E-state index is 12.0. The Hall–Kier alpha value is -0.780. The first-order valence-corrected chi connectivity index (χ1v) is 8.50. The van der Waals surface area contributed by atoms with Crippen LogP contribution >= 0.6 is 22.3 Å². The Bertz CT molecular complexity index is 615. The number of carbonyl (C=O) groups excluding carboxylic acids is 1. The highest BCUT2D eigenvalue weighted by atomic mass is 35.7. The van der Waals surface area contributed by atoms with E-state index in [2.05, 4.69) is 12.2 Å². The average Bonchev–Trinajstić information content (AvgIpc) is 3.01. The van der Waals surface area contributed by atoms with Crippen LogP contribution in [-0.4, -0.2) is 20.9 Å². The molecule has 19 heavy (non-hydrogen) atoms. The second-order valence-electron chi connectivity index (χ2n) is 4.76. The Balaban J connectivity index is 2.16. The van der Waals surface area contributed by atoms with Gasteiger partial charge in [-0.25, -0.2) is 8.42 Å². The average molecular weight is 322 g/mol. The molecule has 0 saturated heterocycles. The van der Waals surface area contributed by atoms with Crippen LogP contribution in [0.25, 0.3) is 0 Å². The Morgan fingerprint density at radius 2 is 2.11 bits per heavy atom.